The van der Waals surface area contributed by atoms with E-state index in [0.717, 1.165) is 33.6 Å². The molecular weight excluding hydrogens is 328 g/mol. The number of carbonyl (C=O) groups excluding carboxylic acids is 1. The van der Waals surface area contributed by atoms with E-state index in [9.17, 15) is 4.79 Å². The summed E-state index contributed by atoms with van der Waals surface area (Å²) in [4.78, 5) is 16.7. The number of rotatable bonds is 5. The summed E-state index contributed by atoms with van der Waals surface area (Å²) in [6, 6.07) is 15.3. The minimum Gasteiger partial charge on any atom is -0.497 e. The van der Waals surface area contributed by atoms with Crippen molar-refractivity contribution in [2.24, 2.45) is 5.92 Å². The lowest BCUT2D eigenvalue weighted by Gasteiger charge is -2.12. The third kappa shape index (κ3) is 3.61. The average molecular weight is 350 g/mol. The van der Waals surface area contributed by atoms with E-state index >= 15 is 0 Å². The number of nitrogens with zero attached hydrogens (tertiary/aromatic N) is 1. The molecule has 134 valence electrons. The first kappa shape index (κ1) is 17.7. The van der Waals surface area contributed by atoms with Crippen LogP contribution >= 0.6 is 0 Å². The first-order valence-corrected chi connectivity index (χ1v) is 8.46. The highest BCUT2D eigenvalue weighted by Gasteiger charge is 2.11. The zero-order chi connectivity index (χ0) is 18.7. The fraction of sp³-hybridized carbons (Fsp3) is 0.238. The third-order valence-electron chi connectivity index (χ3n) is 4.17. The van der Waals surface area contributed by atoms with Gasteiger partial charge in [-0.3, -0.25) is 4.79 Å². The Bertz CT molecular complexity index is 934. The molecule has 0 saturated heterocycles. The van der Waals surface area contributed by atoms with Crippen molar-refractivity contribution in [3.8, 4) is 22.8 Å². The van der Waals surface area contributed by atoms with E-state index in [-0.39, 0.29) is 11.8 Å². The second kappa shape index (κ2) is 7.44. The van der Waals surface area contributed by atoms with E-state index in [4.69, 9.17) is 14.5 Å². The van der Waals surface area contributed by atoms with Crippen molar-refractivity contribution in [1.82, 2.24) is 4.98 Å². The molecule has 0 aliphatic carbocycles. The highest BCUT2D eigenvalue weighted by atomic mass is 16.5. The fourth-order valence-electron chi connectivity index (χ4n) is 2.64. The van der Waals surface area contributed by atoms with Gasteiger partial charge in [0.2, 0.25) is 5.91 Å². The van der Waals surface area contributed by atoms with Crippen LogP contribution in [-0.2, 0) is 4.79 Å². The van der Waals surface area contributed by atoms with Crippen LogP contribution in [0.5, 0.6) is 11.5 Å². The van der Waals surface area contributed by atoms with Crippen molar-refractivity contribution in [3.05, 3.63) is 48.5 Å². The highest BCUT2D eigenvalue weighted by molar-refractivity contribution is 5.96. The largest absolute Gasteiger partial charge is 0.497 e. The maximum Gasteiger partial charge on any atom is 0.226 e. The Hall–Kier alpha value is -3.08. The van der Waals surface area contributed by atoms with Gasteiger partial charge in [-0.05, 0) is 42.5 Å². The van der Waals surface area contributed by atoms with Crippen molar-refractivity contribution in [3.63, 3.8) is 0 Å². The first-order valence-electron chi connectivity index (χ1n) is 8.46. The van der Waals surface area contributed by atoms with E-state index < -0.39 is 0 Å². The number of nitrogens with one attached hydrogen (secondary N) is 1. The van der Waals surface area contributed by atoms with Crippen molar-refractivity contribution in [2.45, 2.75) is 13.8 Å². The smallest absolute Gasteiger partial charge is 0.226 e. The monoisotopic (exact) mass is 350 g/mol. The molecule has 1 N–H and O–H groups in total. The summed E-state index contributed by atoms with van der Waals surface area (Å²) in [7, 11) is 3.27. The number of amides is 1. The van der Waals surface area contributed by atoms with Gasteiger partial charge in [0, 0.05) is 28.6 Å². The average Bonchev–Trinajstić information content (AvgIpc) is 2.67. The van der Waals surface area contributed by atoms with Gasteiger partial charge in [0.1, 0.15) is 11.5 Å². The maximum absolute atomic E-state index is 11.9. The molecule has 26 heavy (non-hydrogen) atoms. The first-order chi connectivity index (χ1) is 12.5. The number of benzene rings is 2. The standard InChI is InChI=1S/C21H22N2O3/c1-13(2)21(24)22-15-7-10-18-17(11-15)20(26-4)12-19(23-18)14-5-8-16(25-3)9-6-14/h5-13H,1-4H3,(H,22,24). The van der Waals surface area contributed by atoms with E-state index in [1.54, 1.807) is 14.2 Å². The summed E-state index contributed by atoms with van der Waals surface area (Å²) >= 11 is 0. The van der Waals surface area contributed by atoms with Gasteiger partial charge < -0.3 is 14.8 Å². The molecular formula is C21H22N2O3. The van der Waals surface area contributed by atoms with E-state index in [2.05, 4.69) is 5.32 Å². The summed E-state index contributed by atoms with van der Waals surface area (Å²) in [6.07, 6.45) is 0. The number of hydrogen-bond acceptors (Lipinski definition) is 4. The Labute approximate surface area is 153 Å². The second-order valence-electron chi connectivity index (χ2n) is 6.31. The zero-order valence-corrected chi connectivity index (χ0v) is 15.4. The van der Waals surface area contributed by atoms with Crippen LogP contribution in [0.4, 0.5) is 5.69 Å². The van der Waals surface area contributed by atoms with Gasteiger partial charge in [-0.15, -0.1) is 0 Å². The molecule has 0 radical (unpaired) electrons. The Balaban J connectivity index is 2.02. The Kier molecular flexibility index (Phi) is 5.07. The maximum atomic E-state index is 11.9. The molecule has 0 spiro atoms. The van der Waals surface area contributed by atoms with E-state index in [1.807, 2.05) is 62.4 Å². The van der Waals surface area contributed by atoms with Gasteiger partial charge in [-0.1, -0.05) is 13.8 Å². The SMILES string of the molecule is COc1ccc(-c2cc(OC)c3cc(NC(=O)C(C)C)ccc3n2)cc1. The molecule has 2 aromatic carbocycles. The van der Waals surface area contributed by atoms with Crippen LogP contribution in [-0.4, -0.2) is 25.1 Å². The molecule has 3 rings (SSSR count). The van der Waals surface area contributed by atoms with Crippen LogP contribution in [0.2, 0.25) is 0 Å². The summed E-state index contributed by atoms with van der Waals surface area (Å²) in [5.41, 5.74) is 3.32. The minimum absolute atomic E-state index is 0.0221. The lowest BCUT2D eigenvalue weighted by atomic mass is 10.1. The normalized spacial score (nSPS) is 10.8. The van der Waals surface area contributed by atoms with Crippen molar-refractivity contribution >= 4 is 22.5 Å². The van der Waals surface area contributed by atoms with Gasteiger partial charge in [-0.2, -0.15) is 0 Å². The number of methoxy groups -OCH3 is 2. The Morgan fingerprint density at radius 3 is 2.35 bits per heavy atom. The molecule has 0 aliphatic heterocycles. The van der Waals surface area contributed by atoms with Gasteiger partial charge in [-0.25, -0.2) is 4.98 Å². The molecule has 3 aromatic rings. The van der Waals surface area contributed by atoms with Crippen molar-refractivity contribution < 1.29 is 14.3 Å². The number of ether oxygens (including phenoxy) is 2. The Morgan fingerprint density at radius 2 is 1.73 bits per heavy atom. The third-order valence-corrected chi connectivity index (χ3v) is 4.17. The number of pyridine rings is 1. The number of aromatic nitrogens is 1. The predicted molar refractivity (Wildman–Crippen MR) is 104 cm³/mol. The van der Waals surface area contributed by atoms with Gasteiger partial charge >= 0.3 is 0 Å². The molecule has 0 fully saturated rings. The summed E-state index contributed by atoms with van der Waals surface area (Å²) in [5, 5.41) is 3.76. The van der Waals surface area contributed by atoms with Crippen molar-refractivity contribution in [2.75, 3.05) is 19.5 Å². The lowest BCUT2D eigenvalue weighted by Crippen LogP contribution is -2.17. The molecule has 1 heterocycles. The number of anilines is 1. The summed E-state index contributed by atoms with van der Waals surface area (Å²) in [6.45, 7) is 3.72. The molecule has 0 bridgehead atoms. The molecule has 0 atom stereocenters. The molecule has 0 unspecified atom stereocenters. The van der Waals surface area contributed by atoms with E-state index in [0.29, 0.717) is 5.75 Å². The van der Waals surface area contributed by atoms with Gasteiger partial charge in [0.15, 0.2) is 0 Å². The molecule has 1 aromatic heterocycles. The molecule has 0 aliphatic rings. The van der Waals surface area contributed by atoms with Crippen LogP contribution in [0.25, 0.3) is 22.2 Å². The molecule has 5 heteroatoms. The van der Waals surface area contributed by atoms with Crippen LogP contribution in [0, 0.1) is 5.92 Å². The number of carbonyl (C=O) groups is 1. The predicted octanol–water partition coefficient (Wildman–Crippen LogP) is 4.51. The zero-order valence-electron chi connectivity index (χ0n) is 15.4. The summed E-state index contributed by atoms with van der Waals surface area (Å²) in [5.74, 6) is 1.41. The summed E-state index contributed by atoms with van der Waals surface area (Å²) < 4.78 is 10.8. The van der Waals surface area contributed by atoms with E-state index in [1.165, 1.54) is 0 Å². The highest BCUT2D eigenvalue weighted by Crippen LogP contribution is 2.32. The fourth-order valence-corrected chi connectivity index (χ4v) is 2.64. The number of fused-ring (bicyclic) bond motifs is 1. The number of hydrogen-bond donors (Lipinski definition) is 1. The Morgan fingerprint density at radius 1 is 1.00 bits per heavy atom. The van der Waals surface area contributed by atoms with Crippen molar-refractivity contribution in [1.29, 1.82) is 0 Å². The topological polar surface area (TPSA) is 60.5 Å². The van der Waals surface area contributed by atoms with Crippen LogP contribution in [0.3, 0.4) is 0 Å². The second-order valence-corrected chi connectivity index (χ2v) is 6.31. The van der Waals surface area contributed by atoms with Crippen LogP contribution < -0.4 is 14.8 Å². The van der Waals surface area contributed by atoms with Crippen LogP contribution in [0.1, 0.15) is 13.8 Å². The van der Waals surface area contributed by atoms with Gasteiger partial charge in [0.25, 0.3) is 0 Å². The van der Waals surface area contributed by atoms with Gasteiger partial charge in [0.05, 0.1) is 25.4 Å². The molecule has 5 nitrogen and oxygen atoms in total. The molecule has 0 saturated carbocycles. The minimum atomic E-state index is -0.0804. The molecule has 1 amide bonds. The lowest BCUT2D eigenvalue weighted by molar-refractivity contribution is -0.118. The van der Waals surface area contributed by atoms with Crippen LogP contribution in [0.15, 0.2) is 48.5 Å². The quantitative estimate of drug-likeness (QED) is 0.735.